The zero-order chi connectivity index (χ0) is 25.0. The van der Waals surface area contributed by atoms with Gasteiger partial charge in [0.05, 0.1) is 24.8 Å². The van der Waals surface area contributed by atoms with Crippen LogP contribution in [0.25, 0.3) is 11.1 Å². The number of aromatic nitrogens is 1. The lowest BCUT2D eigenvalue weighted by atomic mass is 9.95. The average Bonchev–Trinajstić information content (AvgIpc) is 2.88. The molecule has 184 valence electrons. The molecule has 1 amide bonds. The fourth-order valence-electron chi connectivity index (χ4n) is 4.04. The van der Waals surface area contributed by atoms with E-state index in [-0.39, 0.29) is 18.5 Å². The molecule has 0 saturated carbocycles. The molecule has 3 aromatic rings. The Hall–Kier alpha value is -3.43. The van der Waals surface area contributed by atoms with E-state index in [1.807, 2.05) is 6.92 Å². The van der Waals surface area contributed by atoms with Crippen molar-refractivity contribution >= 4 is 11.7 Å². The third-order valence-electron chi connectivity index (χ3n) is 6.07. The summed E-state index contributed by atoms with van der Waals surface area (Å²) in [5.74, 6) is 0.497. The van der Waals surface area contributed by atoms with Gasteiger partial charge in [-0.05, 0) is 53.4 Å². The summed E-state index contributed by atoms with van der Waals surface area (Å²) in [6.45, 7) is 4.67. The molecule has 4 rings (SSSR count). The summed E-state index contributed by atoms with van der Waals surface area (Å²) in [4.78, 5) is 19.3. The summed E-state index contributed by atoms with van der Waals surface area (Å²) in [6.07, 6.45) is -2.82. The number of hydrogen-bond acceptors (Lipinski definition) is 5. The number of ether oxygens (including phenoxy) is 1. The van der Waals surface area contributed by atoms with Crippen molar-refractivity contribution in [3.05, 3.63) is 83.0 Å². The van der Waals surface area contributed by atoms with Gasteiger partial charge in [-0.15, -0.1) is 0 Å². The molecule has 0 bridgehead atoms. The highest BCUT2D eigenvalue weighted by Gasteiger charge is 2.31. The second-order valence-corrected chi connectivity index (χ2v) is 8.39. The highest BCUT2D eigenvalue weighted by atomic mass is 19.4. The normalized spacial score (nSPS) is 15.1. The Balaban J connectivity index is 1.48. The number of pyridine rings is 1. The second-order valence-electron chi connectivity index (χ2n) is 8.39. The van der Waals surface area contributed by atoms with Gasteiger partial charge in [0.25, 0.3) is 5.91 Å². The molecule has 0 radical (unpaired) electrons. The van der Waals surface area contributed by atoms with Gasteiger partial charge in [0.2, 0.25) is 0 Å². The van der Waals surface area contributed by atoms with E-state index in [1.165, 1.54) is 6.07 Å². The molecule has 1 fully saturated rings. The monoisotopic (exact) mass is 484 g/mol. The maximum Gasteiger partial charge on any atom is 0.416 e. The minimum absolute atomic E-state index is 0.125. The third-order valence-corrected chi connectivity index (χ3v) is 6.07. The number of carbonyl (C=O) groups is 1. The first-order valence-corrected chi connectivity index (χ1v) is 11.4. The van der Waals surface area contributed by atoms with Gasteiger partial charge in [-0.1, -0.05) is 30.3 Å². The molecule has 1 aliphatic heterocycles. The molecular weight excluding hydrogens is 457 g/mol. The van der Waals surface area contributed by atoms with Gasteiger partial charge < -0.3 is 20.7 Å². The number of rotatable bonds is 6. The predicted molar refractivity (Wildman–Crippen MR) is 128 cm³/mol. The van der Waals surface area contributed by atoms with Crippen molar-refractivity contribution in [1.82, 2.24) is 10.3 Å². The number of benzene rings is 2. The van der Waals surface area contributed by atoms with Crippen molar-refractivity contribution in [3.8, 4) is 11.1 Å². The topological polar surface area (TPSA) is 80.5 Å². The summed E-state index contributed by atoms with van der Waals surface area (Å²) in [5.41, 5.74) is 8.05. The first kappa shape index (κ1) is 24.7. The highest BCUT2D eigenvalue weighted by molar-refractivity contribution is 5.95. The summed E-state index contributed by atoms with van der Waals surface area (Å²) in [5, 5.41) is 2.97. The number of morpholine rings is 1. The molecule has 0 spiro atoms. The smallest absolute Gasteiger partial charge is 0.378 e. The van der Waals surface area contributed by atoms with Gasteiger partial charge in [-0.3, -0.25) is 4.79 Å². The molecule has 0 aliphatic carbocycles. The van der Waals surface area contributed by atoms with Crippen LogP contribution in [0.3, 0.4) is 0 Å². The van der Waals surface area contributed by atoms with Crippen LogP contribution in [0, 0.1) is 0 Å². The Kier molecular flexibility index (Phi) is 7.37. The molecule has 9 heteroatoms. The van der Waals surface area contributed by atoms with Crippen LogP contribution in [0.1, 0.15) is 40.0 Å². The number of nitrogens with two attached hydrogens (primary N) is 1. The minimum Gasteiger partial charge on any atom is -0.378 e. The zero-order valence-electron chi connectivity index (χ0n) is 19.3. The Bertz CT molecular complexity index is 1180. The third kappa shape index (κ3) is 5.80. The van der Waals surface area contributed by atoms with Crippen LogP contribution in [-0.4, -0.2) is 37.2 Å². The van der Waals surface area contributed by atoms with Crippen LogP contribution in [0.15, 0.2) is 60.8 Å². The standard InChI is InChI=1S/C26H27F3N4O2/c1-17(32-25(34)20-8-9-31-24(14-20)33-10-12-35-13-11-33)18-2-4-19(5-3-18)23-15-22(26(27,28)29)7-6-21(23)16-30/h2-9,14-15,17H,10-13,16,30H2,1H3,(H,32,34)/t17-/m1/s1. The average molecular weight is 485 g/mol. The quantitative estimate of drug-likeness (QED) is 0.537. The van der Waals surface area contributed by atoms with Gasteiger partial charge in [0, 0.05) is 31.4 Å². The maximum atomic E-state index is 13.2. The second kappa shape index (κ2) is 10.5. The minimum atomic E-state index is -4.44. The molecular formula is C26H27F3N4O2. The van der Waals surface area contributed by atoms with Gasteiger partial charge in [0.1, 0.15) is 5.82 Å². The summed E-state index contributed by atoms with van der Waals surface area (Å²) < 4.78 is 45.0. The predicted octanol–water partition coefficient (Wildman–Crippen LogP) is 4.55. The molecule has 2 aromatic carbocycles. The molecule has 1 atom stereocenters. The number of hydrogen-bond donors (Lipinski definition) is 2. The Labute approximate surface area is 201 Å². The first-order chi connectivity index (χ1) is 16.8. The molecule has 2 heterocycles. The van der Waals surface area contributed by atoms with Gasteiger partial charge in [0.15, 0.2) is 0 Å². The van der Waals surface area contributed by atoms with E-state index in [1.54, 1.807) is 42.6 Å². The highest BCUT2D eigenvalue weighted by Crippen LogP contribution is 2.34. The molecule has 3 N–H and O–H groups in total. The van der Waals surface area contributed by atoms with Crippen LogP contribution in [0.2, 0.25) is 0 Å². The van der Waals surface area contributed by atoms with Gasteiger partial charge in [-0.2, -0.15) is 13.2 Å². The molecule has 0 unspecified atom stereocenters. The largest absolute Gasteiger partial charge is 0.416 e. The van der Waals surface area contributed by atoms with Crippen LogP contribution in [-0.2, 0) is 17.5 Å². The van der Waals surface area contributed by atoms with Gasteiger partial charge in [-0.25, -0.2) is 4.98 Å². The summed E-state index contributed by atoms with van der Waals surface area (Å²) in [6, 6.07) is 13.8. The number of halogens is 3. The van der Waals surface area contributed by atoms with E-state index in [2.05, 4.69) is 15.2 Å². The molecule has 1 aliphatic rings. The lowest BCUT2D eigenvalue weighted by Gasteiger charge is -2.28. The van der Waals surface area contributed by atoms with Crippen LogP contribution >= 0.6 is 0 Å². The molecule has 35 heavy (non-hydrogen) atoms. The van der Waals surface area contributed by atoms with Crippen molar-refractivity contribution < 1.29 is 22.7 Å². The Morgan fingerprint density at radius 1 is 1.11 bits per heavy atom. The SMILES string of the molecule is C[C@@H](NC(=O)c1ccnc(N2CCOCC2)c1)c1ccc(-c2cc(C(F)(F)F)ccc2CN)cc1. The maximum absolute atomic E-state index is 13.2. The number of amides is 1. The Morgan fingerprint density at radius 3 is 2.49 bits per heavy atom. The van der Waals surface area contributed by atoms with Gasteiger partial charge >= 0.3 is 6.18 Å². The van der Waals surface area contributed by atoms with Crippen LogP contribution in [0.4, 0.5) is 19.0 Å². The van der Waals surface area contributed by atoms with E-state index in [0.717, 1.165) is 36.6 Å². The summed E-state index contributed by atoms with van der Waals surface area (Å²) >= 11 is 0. The van der Waals surface area contributed by atoms with E-state index in [4.69, 9.17) is 10.5 Å². The lowest BCUT2D eigenvalue weighted by Crippen LogP contribution is -2.37. The fraction of sp³-hybridized carbons (Fsp3) is 0.308. The zero-order valence-corrected chi connectivity index (χ0v) is 19.3. The van der Waals surface area contributed by atoms with E-state index in [0.29, 0.717) is 35.5 Å². The van der Waals surface area contributed by atoms with E-state index < -0.39 is 11.7 Å². The van der Waals surface area contributed by atoms with E-state index in [9.17, 15) is 18.0 Å². The number of anilines is 1. The van der Waals surface area contributed by atoms with Crippen molar-refractivity contribution in [2.75, 3.05) is 31.2 Å². The molecule has 1 saturated heterocycles. The van der Waals surface area contributed by atoms with Crippen molar-refractivity contribution in [2.45, 2.75) is 25.7 Å². The number of carbonyl (C=O) groups excluding carboxylic acids is 1. The molecule has 6 nitrogen and oxygen atoms in total. The number of alkyl halides is 3. The van der Waals surface area contributed by atoms with Crippen molar-refractivity contribution in [3.63, 3.8) is 0 Å². The first-order valence-electron chi connectivity index (χ1n) is 11.4. The fourth-order valence-corrected chi connectivity index (χ4v) is 4.04. The van der Waals surface area contributed by atoms with Crippen molar-refractivity contribution in [1.29, 1.82) is 0 Å². The van der Waals surface area contributed by atoms with Crippen LogP contribution < -0.4 is 16.0 Å². The summed E-state index contributed by atoms with van der Waals surface area (Å²) in [7, 11) is 0. The number of nitrogens with one attached hydrogen (secondary N) is 1. The van der Waals surface area contributed by atoms with Crippen molar-refractivity contribution in [2.24, 2.45) is 5.73 Å². The van der Waals surface area contributed by atoms with Crippen LogP contribution in [0.5, 0.6) is 0 Å². The lowest BCUT2D eigenvalue weighted by molar-refractivity contribution is -0.137. The van der Waals surface area contributed by atoms with E-state index >= 15 is 0 Å². The Morgan fingerprint density at radius 2 is 1.83 bits per heavy atom. The number of nitrogens with zero attached hydrogens (tertiary/aromatic N) is 2. The molecule has 1 aromatic heterocycles.